The van der Waals surface area contributed by atoms with Gasteiger partial charge in [0, 0.05) is 12.6 Å². The molecule has 1 aliphatic rings. The quantitative estimate of drug-likeness (QED) is 0.731. The summed E-state index contributed by atoms with van der Waals surface area (Å²) in [5.41, 5.74) is 5.69. The van der Waals surface area contributed by atoms with E-state index in [1.807, 2.05) is 13.8 Å². The number of rotatable bonds is 3. The maximum Gasteiger partial charge on any atom is 0.00105 e. The highest BCUT2D eigenvalue weighted by Crippen LogP contribution is 2.19. The van der Waals surface area contributed by atoms with Crippen molar-refractivity contribution >= 4 is 0 Å². The van der Waals surface area contributed by atoms with Gasteiger partial charge in [0.1, 0.15) is 0 Å². The average Bonchev–Trinajstić information content (AvgIpc) is 2.52. The third-order valence-corrected chi connectivity index (χ3v) is 2.52. The zero-order valence-corrected chi connectivity index (χ0v) is 9.71. The highest BCUT2D eigenvalue weighted by atomic mass is 15.1. The maximum absolute atomic E-state index is 5.69. The normalized spacial score (nSPS) is 25.2. The molecule has 0 aromatic rings. The predicted octanol–water partition coefficient (Wildman–Crippen LogP) is 2.09. The largest absolute Gasteiger partial charge is 0.328 e. The van der Waals surface area contributed by atoms with Gasteiger partial charge in [0.2, 0.25) is 0 Å². The lowest BCUT2D eigenvalue weighted by Crippen LogP contribution is -2.18. The molecule has 13 heavy (non-hydrogen) atoms. The molecule has 0 amide bonds. The minimum atomic E-state index is 0.390. The van der Waals surface area contributed by atoms with Gasteiger partial charge in [-0.1, -0.05) is 13.8 Å². The molecule has 1 aliphatic heterocycles. The van der Waals surface area contributed by atoms with Crippen LogP contribution in [0.3, 0.4) is 0 Å². The van der Waals surface area contributed by atoms with Crippen molar-refractivity contribution < 1.29 is 0 Å². The fraction of sp³-hybridized carbons (Fsp3) is 1.00. The third kappa shape index (κ3) is 6.05. The van der Waals surface area contributed by atoms with Gasteiger partial charge < -0.3 is 10.6 Å². The van der Waals surface area contributed by atoms with Crippen LogP contribution in [0.5, 0.6) is 0 Å². The Morgan fingerprint density at radius 1 is 1.46 bits per heavy atom. The number of hydrogen-bond donors (Lipinski definition) is 1. The second-order valence-electron chi connectivity index (χ2n) is 3.97. The molecule has 1 rings (SSSR count). The predicted molar refractivity (Wildman–Crippen MR) is 59.8 cm³/mol. The highest BCUT2D eigenvalue weighted by Gasteiger charge is 2.18. The third-order valence-electron chi connectivity index (χ3n) is 2.52. The van der Waals surface area contributed by atoms with E-state index in [1.165, 1.54) is 32.4 Å². The summed E-state index contributed by atoms with van der Waals surface area (Å²) in [6.07, 6.45) is 3.89. The standard InChI is InChI=1S/C9H20N2.C2H6/c1-8(10)3-4-9-5-6-11(2)7-9;1-2/h8-9H,3-7,10H2,1-2H3;1-2H3. The zero-order valence-electron chi connectivity index (χ0n) is 9.71. The van der Waals surface area contributed by atoms with Gasteiger partial charge in [0.15, 0.2) is 0 Å². The first kappa shape index (κ1) is 12.9. The van der Waals surface area contributed by atoms with Crippen LogP contribution in [0.2, 0.25) is 0 Å². The first-order valence-corrected chi connectivity index (χ1v) is 5.62. The van der Waals surface area contributed by atoms with Crippen LogP contribution in [0.4, 0.5) is 0 Å². The van der Waals surface area contributed by atoms with E-state index in [0.29, 0.717) is 6.04 Å². The number of nitrogens with two attached hydrogens (primary N) is 1. The summed E-state index contributed by atoms with van der Waals surface area (Å²) in [6.45, 7) is 8.66. The van der Waals surface area contributed by atoms with E-state index in [1.54, 1.807) is 0 Å². The van der Waals surface area contributed by atoms with Crippen LogP contribution in [-0.2, 0) is 0 Å². The molecule has 2 heteroatoms. The van der Waals surface area contributed by atoms with E-state index < -0.39 is 0 Å². The zero-order chi connectivity index (χ0) is 10.3. The Balaban J connectivity index is 0.000000671. The molecule has 0 spiro atoms. The maximum atomic E-state index is 5.69. The molecule has 1 heterocycles. The summed E-state index contributed by atoms with van der Waals surface area (Å²) < 4.78 is 0. The molecule has 2 unspecified atom stereocenters. The molecule has 1 saturated heterocycles. The lowest BCUT2D eigenvalue weighted by Gasteiger charge is -2.11. The Labute approximate surface area is 83.5 Å². The molecule has 2 atom stereocenters. The summed E-state index contributed by atoms with van der Waals surface area (Å²) in [5.74, 6) is 0.922. The average molecular weight is 186 g/mol. The Kier molecular flexibility index (Phi) is 7.29. The van der Waals surface area contributed by atoms with E-state index in [4.69, 9.17) is 5.73 Å². The van der Waals surface area contributed by atoms with E-state index in [9.17, 15) is 0 Å². The number of hydrogen-bond acceptors (Lipinski definition) is 2. The monoisotopic (exact) mass is 186 g/mol. The molecule has 1 fully saturated rings. The summed E-state index contributed by atoms with van der Waals surface area (Å²) in [4.78, 5) is 2.41. The van der Waals surface area contributed by atoms with Crippen molar-refractivity contribution in [2.75, 3.05) is 20.1 Å². The summed E-state index contributed by atoms with van der Waals surface area (Å²) in [7, 11) is 2.20. The van der Waals surface area contributed by atoms with Crippen LogP contribution in [0.25, 0.3) is 0 Å². The smallest absolute Gasteiger partial charge is 0.00105 e. The first-order chi connectivity index (χ1) is 6.18. The Bertz CT molecular complexity index is 113. The molecular weight excluding hydrogens is 160 g/mol. The van der Waals surface area contributed by atoms with Gasteiger partial charge in [-0.25, -0.2) is 0 Å². The summed E-state index contributed by atoms with van der Waals surface area (Å²) in [6, 6.07) is 0.390. The molecule has 80 valence electrons. The molecule has 0 radical (unpaired) electrons. The number of likely N-dealkylation sites (tertiary alicyclic amines) is 1. The molecule has 0 bridgehead atoms. The van der Waals surface area contributed by atoms with Crippen molar-refractivity contribution in [2.24, 2.45) is 11.7 Å². The van der Waals surface area contributed by atoms with Gasteiger partial charge in [-0.15, -0.1) is 0 Å². The second kappa shape index (κ2) is 7.34. The minimum Gasteiger partial charge on any atom is -0.328 e. The Hall–Kier alpha value is -0.0800. The minimum absolute atomic E-state index is 0.390. The van der Waals surface area contributed by atoms with E-state index in [2.05, 4.69) is 18.9 Å². The van der Waals surface area contributed by atoms with E-state index in [0.717, 1.165) is 5.92 Å². The lowest BCUT2D eigenvalue weighted by molar-refractivity contribution is 0.380. The van der Waals surface area contributed by atoms with E-state index in [-0.39, 0.29) is 0 Å². The molecule has 0 saturated carbocycles. The second-order valence-corrected chi connectivity index (χ2v) is 3.97. The fourth-order valence-corrected chi connectivity index (χ4v) is 1.76. The van der Waals surface area contributed by atoms with Crippen molar-refractivity contribution in [3.63, 3.8) is 0 Å². The van der Waals surface area contributed by atoms with Crippen molar-refractivity contribution in [1.29, 1.82) is 0 Å². The van der Waals surface area contributed by atoms with Crippen LogP contribution in [0, 0.1) is 5.92 Å². The van der Waals surface area contributed by atoms with Crippen LogP contribution in [-0.4, -0.2) is 31.1 Å². The van der Waals surface area contributed by atoms with Crippen LogP contribution >= 0.6 is 0 Å². The van der Waals surface area contributed by atoms with Crippen molar-refractivity contribution in [3.8, 4) is 0 Å². The van der Waals surface area contributed by atoms with E-state index >= 15 is 0 Å². The van der Waals surface area contributed by atoms with Gasteiger partial charge >= 0.3 is 0 Å². The van der Waals surface area contributed by atoms with Crippen LogP contribution in [0.15, 0.2) is 0 Å². The van der Waals surface area contributed by atoms with Crippen molar-refractivity contribution in [3.05, 3.63) is 0 Å². The summed E-state index contributed by atoms with van der Waals surface area (Å²) in [5, 5.41) is 0. The first-order valence-electron chi connectivity index (χ1n) is 5.62. The van der Waals surface area contributed by atoms with Crippen LogP contribution < -0.4 is 5.73 Å². The lowest BCUT2D eigenvalue weighted by atomic mass is 10.0. The van der Waals surface area contributed by atoms with Gasteiger partial charge in [-0.2, -0.15) is 0 Å². The number of nitrogens with zero attached hydrogens (tertiary/aromatic N) is 1. The molecule has 0 aliphatic carbocycles. The topological polar surface area (TPSA) is 29.3 Å². The van der Waals surface area contributed by atoms with Gasteiger partial charge in [-0.3, -0.25) is 0 Å². The van der Waals surface area contributed by atoms with Gasteiger partial charge in [0.25, 0.3) is 0 Å². The van der Waals surface area contributed by atoms with Gasteiger partial charge in [-0.05, 0) is 45.7 Å². The Morgan fingerprint density at radius 2 is 2.08 bits per heavy atom. The van der Waals surface area contributed by atoms with Crippen LogP contribution in [0.1, 0.15) is 40.0 Å². The molecule has 2 nitrogen and oxygen atoms in total. The summed E-state index contributed by atoms with van der Waals surface area (Å²) >= 11 is 0. The van der Waals surface area contributed by atoms with Crippen molar-refractivity contribution in [2.45, 2.75) is 46.1 Å². The fourth-order valence-electron chi connectivity index (χ4n) is 1.76. The molecular formula is C11H26N2. The molecule has 0 aromatic carbocycles. The highest BCUT2D eigenvalue weighted by molar-refractivity contribution is 4.73. The SMILES string of the molecule is CC.CC(N)CCC1CCN(C)C1. The van der Waals surface area contributed by atoms with Crippen molar-refractivity contribution in [1.82, 2.24) is 4.90 Å². The molecule has 0 aromatic heterocycles. The molecule has 2 N–H and O–H groups in total. The van der Waals surface area contributed by atoms with Gasteiger partial charge in [0.05, 0.1) is 0 Å². The Morgan fingerprint density at radius 3 is 2.46 bits per heavy atom.